The van der Waals surface area contributed by atoms with E-state index in [4.69, 9.17) is 9.47 Å². The van der Waals surface area contributed by atoms with E-state index >= 15 is 0 Å². The first-order valence-corrected chi connectivity index (χ1v) is 9.11. The molecule has 0 aliphatic heterocycles. The van der Waals surface area contributed by atoms with Crippen molar-refractivity contribution in [2.75, 3.05) is 26.1 Å². The van der Waals surface area contributed by atoms with Crippen LogP contribution in [0.25, 0.3) is 6.08 Å². The van der Waals surface area contributed by atoms with Crippen LogP contribution in [0.15, 0.2) is 42.5 Å². The van der Waals surface area contributed by atoms with Crippen molar-refractivity contribution in [1.82, 2.24) is 5.32 Å². The molecule has 0 aromatic heterocycles. The molecular formula is C22H26N2O4. The number of amides is 2. The van der Waals surface area contributed by atoms with E-state index < -0.39 is 0 Å². The summed E-state index contributed by atoms with van der Waals surface area (Å²) in [6.07, 6.45) is 4.04. The van der Waals surface area contributed by atoms with Gasteiger partial charge in [-0.15, -0.1) is 0 Å². The van der Waals surface area contributed by atoms with Crippen molar-refractivity contribution in [3.63, 3.8) is 0 Å². The van der Waals surface area contributed by atoms with E-state index in [2.05, 4.69) is 10.6 Å². The molecule has 0 heterocycles. The molecule has 0 saturated heterocycles. The molecule has 2 rings (SSSR count). The normalized spacial score (nSPS) is 10.6. The quantitative estimate of drug-likeness (QED) is 0.681. The fraction of sp³-hybridized carbons (Fsp3) is 0.273. The highest BCUT2D eigenvalue weighted by Crippen LogP contribution is 2.28. The van der Waals surface area contributed by atoms with Crippen LogP contribution in [0.5, 0.6) is 11.5 Å². The van der Waals surface area contributed by atoms with Gasteiger partial charge in [0.15, 0.2) is 11.5 Å². The molecule has 0 aliphatic carbocycles. The van der Waals surface area contributed by atoms with Gasteiger partial charge in [-0.05, 0) is 54.8 Å². The Hall–Kier alpha value is -3.28. The van der Waals surface area contributed by atoms with Crippen LogP contribution in [0.3, 0.4) is 0 Å². The zero-order valence-electron chi connectivity index (χ0n) is 16.7. The summed E-state index contributed by atoms with van der Waals surface area (Å²) in [5.74, 6) is 0.795. The summed E-state index contributed by atoms with van der Waals surface area (Å²) in [7, 11) is 3.15. The maximum atomic E-state index is 12.3. The molecule has 0 radical (unpaired) electrons. The molecule has 0 unspecified atom stereocenters. The van der Waals surface area contributed by atoms with Crippen LogP contribution in [-0.4, -0.2) is 32.6 Å². The van der Waals surface area contributed by atoms with Crippen LogP contribution in [-0.2, 0) is 4.79 Å². The molecule has 0 atom stereocenters. The number of methoxy groups -OCH3 is 1. The largest absolute Gasteiger partial charge is 0.493 e. The third-order valence-electron chi connectivity index (χ3n) is 4.06. The Kier molecular flexibility index (Phi) is 7.63. The zero-order chi connectivity index (χ0) is 20.5. The summed E-state index contributed by atoms with van der Waals surface area (Å²) in [6, 6.07) is 10.7. The molecule has 6 nitrogen and oxygen atoms in total. The van der Waals surface area contributed by atoms with Crippen molar-refractivity contribution < 1.29 is 19.1 Å². The average molecular weight is 382 g/mol. The van der Waals surface area contributed by atoms with E-state index in [1.54, 1.807) is 38.4 Å². The Balaban J connectivity index is 2.10. The summed E-state index contributed by atoms with van der Waals surface area (Å²) in [6.45, 7) is 4.52. The molecule has 2 aromatic rings. The zero-order valence-corrected chi connectivity index (χ0v) is 16.7. The highest BCUT2D eigenvalue weighted by molar-refractivity contribution is 6.03. The third kappa shape index (κ3) is 5.61. The first-order valence-electron chi connectivity index (χ1n) is 9.11. The monoisotopic (exact) mass is 382 g/mol. The topological polar surface area (TPSA) is 76.7 Å². The molecule has 28 heavy (non-hydrogen) atoms. The standard InChI is InChI=1S/C22H26N2O4/c1-5-12-28-19-10-7-16(13-20(19)27-4)8-11-21(25)24-18-14-17(22(26)23-3)9-6-15(18)2/h6-11,13-14H,5,12H2,1-4H3,(H,23,26)(H,24,25)/b11-8+. The number of benzene rings is 2. The molecule has 0 spiro atoms. The van der Waals surface area contributed by atoms with Gasteiger partial charge in [0.2, 0.25) is 5.91 Å². The van der Waals surface area contributed by atoms with Crippen molar-refractivity contribution >= 4 is 23.6 Å². The van der Waals surface area contributed by atoms with E-state index in [1.165, 1.54) is 6.08 Å². The van der Waals surface area contributed by atoms with E-state index in [-0.39, 0.29) is 11.8 Å². The lowest BCUT2D eigenvalue weighted by Crippen LogP contribution is -2.18. The number of anilines is 1. The lowest BCUT2D eigenvalue weighted by molar-refractivity contribution is -0.111. The summed E-state index contributed by atoms with van der Waals surface area (Å²) >= 11 is 0. The fourth-order valence-corrected chi connectivity index (χ4v) is 2.51. The number of nitrogens with one attached hydrogen (secondary N) is 2. The molecule has 2 aromatic carbocycles. The van der Waals surface area contributed by atoms with E-state index in [9.17, 15) is 9.59 Å². The van der Waals surface area contributed by atoms with Gasteiger partial charge >= 0.3 is 0 Å². The van der Waals surface area contributed by atoms with Gasteiger partial charge in [0.25, 0.3) is 5.91 Å². The molecular weight excluding hydrogens is 356 g/mol. The number of carbonyl (C=O) groups excluding carboxylic acids is 2. The van der Waals surface area contributed by atoms with Crippen molar-refractivity contribution in [2.24, 2.45) is 0 Å². The second-order valence-corrected chi connectivity index (χ2v) is 6.19. The molecule has 0 fully saturated rings. The van der Waals surface area contributed by atoms with Gasteiger partial charge in [0.1, 0.15) is 0 Å². The minimum Gasteiger partial charge on any atom is -0.493 e. The number of rotatable bonds is 8. The second kappa shape index (κ2) is 10.2. The predicted molar refractivity (Wildman–Crippen MR) is 111 cm³/mol. The van der Waals surface area contributed by atoms with Crippen LogP contribution in [0.2, 0.25) is 0 Å². The summed E-state index contributed by atoms with van der Waals surface area (Å²) in [5, 5.41) is 5.37. The van der Waals surface area contributed by atoms with Gasteiger partial charge in [-0.3, -0.25) is 9.59 Å². The third-order valence-corrected chi connectivity index (χ3v) is 4.06. The minimum absolute atomic E-state index is 0.205. The van der Waals surface area contributed by atoms with Crippen LogP contribution < -0.4 is 20.1 Å². The lowest BCUT2D eigenvalue weighted by Gasteiger charge is -2.10. The minimum atomic E-state index is -0.289. The Bertz CT molecular complexity index is 875. The molecule has 6 heteroatoms. The summed E-state index contributed by atoms with van der Waals surface area (Å²) in [4.78, 5) is 24.1. The van der Waals surface area contributed by atoms with Crippen LogP contribution in [0.1, 0.15) is 34.8 Å². The van der Waals surface area contributed by atoms with Crippen molar-refractivity contribution in [3.05, 3.63) is 59.2 Å². The molecule has 148 valence electrons. The second-order valence-electron chi connectivity index (χ2n) is 6.19. The van der Waals surface area contributed by atoms with Gasteiger partial charge in [-0.2, -0.15) is 0 Å². The van der Waals surface area contributed by atoms with Gasteiger partial charge in [0.05, 0.1) is 13.7 Å². The molecule has 2 amide bonds. The average Bonchev–Trinajstić information content (AvgIpc) is 2.71. The smallest absolute Gasteiger partial charge is 0.251 e. The molecule has 0 saturated carbocycles. The van der Waals surface area contributed by atoms with Crippen molar-refractivity contribution in [2.45, 2.75) is 20.3 Å². The van der Waals surface area contributed by atoms with Crippen LogP contribution in [0, 0.1) is 6.92 Å². The van der Waals surface area contributed by atoms with Gasteiger partial charge in [-0.25, -0.2) is 0 Å². The van der Waals surface area contributed by atoms with Gasteiger partial charge in [0, 0.05) is 24.4 Å². The predicted octanol–water partition coefficient (Wildman–Crippen LogP) is 3.80. The van der Waals surface area contributed by atoms with Gasteiger partial charge in [-0.1, -0.05) is 19.1 Å². The SMILES string of the molecule is CCCOc1ccc(/C=C/C(=O)Nc2cc(C(=O)NC)ccc2C)cc1OC. The molecule has 2 N–H and O–H groups in total. The number of carbonyl (C=O) groups is 2. The first-order chi connectivity index (χ1) is 13.5. The summed E-state index contributed by atoms with van der Waals surface area (Å²) in [5.41, 5.74) is 2.76. The fourth-order valence-electron chi connectivity index (χ4n) is 2.51. The van der Waals surface area contributed by atoms with Crippen molar-refractivity contribution in [3.8, 4) is 11.5 Å². The van der Waals surface area contributed by atoms with E-state index in [0.717, 1.165) is 17.5 Å². The molecule has 0 aliphatic rings. The summed E-state index contributed by atoms with van der Waals surface area (Å²) < 4.78 is 11.0. The Morgan fingerprint density at radius 2 is 1.89 bits per heavy atom. The molecule has 0 bridgehead atoms. The number of ether oxygens (including phenoxy) is 2. The van der Waals surface area contributed by atoms with E-state index in [0.29, 0.717) is 29.4 Å². The first kappa shape index (κ1) is 21.0. The Labute approximate surface area is 165 Å². The maximum absolute atomic E-state index is 12.3. The van der Waals surface area contributed by atoms with Gasteiger partial charge < -0.3 is 20.1 Å². The lowest BCUT2D eigenvalue weighted by atomic mass is 10.1. The maximum Gasteiger partial charge on any atom is 0.251 e. The van der Waals surface area contributed by atoms with Crippen LogP contribution >= 0.6 is 0 Å². The Morgan fingerprint density at radius 1 is 1.11 bits per heavy atom. The Morgan fingerprint density at radius 3 is 2.57 bits per heavy atom. The number of hydrogen-bond donors (Lipinski definition) is 2. The number of hydrogen-bond acceptors (Lipinski definition) is 4. The van der Waals surface area contributed by atoms with Crippen molar-refractivity contribution in [1.29, 1.82) is 0 Å². The van der Waals surface area contributed by atoms with Crippen LogP contribution in [0.4, 0.5) is 5.69 Å². The van der Waals surface area contributed by atoms with E-state index in [1.807, 2.05) is 32.0 Å². The number of aryl methyl sites for hydroxylation is 1. The highest BCUT2D eigenvalue weighted by Gasteiger charge is 2.08. The highest BCUT2D eigenvalue weighted by atomic mass is 16.5.